The van der Waals surface area contributed by atoms with E-state index >= 15 is 8.78 Å². The number of hydrogen-bond acceptors (Lipinski definition) is 6. The van der Waals surface area contributed by atoms with Gasteiger partial charge in [-0.05, 0) is 74.1 Å². The van der Waals surface area contributed by atoms with Gasteiger partial charge in [-0.2, -0.15) is 0 Å². The van der Waals surface area contributed by atoms with Gasteiger partial charge in [0, 0.05) is 35.4 Å². The SMILES string of the molecule is CNC(=O)[C@@]1(OC(=O)c2ccc(N)cc2)[C@H](C)C[C@H]2[C@@H]3C[C@H](F)C4=CC(=O)C=C[C@]4(C)[C@@]3(F)[C@@H](O)C[C@@]21C. The number of ketones is 1. The van der Waals surface area contributed by atoms with Crippen LogP contribution in [0, 0.1) is 28.6 Å². The van der Waals surface area contributed by atoms with Crippen LogP contribution in [0.5, 0.6) is 0 Å². The number of benzene rings is 1. The van der Waals surface area contributed by atoms with Crippen LogP contribution in [-0.2, 0) is 14.3 Å². The van der Waals surface area contributed by atoms with Gasteiger partial charge >= 0.3 is 5.97 Å². The van der Waals surface area contributed by atoms with Crippen molar-refractivity contribution in [3.8, 4) is 0 Å². The Morgan fingerprint density at radius 3 is 2.45 bits per heavy atom. The topological polar surface area (TPSA) is 119 Å². The molecule has 0 aliphatic heterocycles. The monoisotopic (exact) mass is 528 g/mol. The van der Waals surface area contributed by atoms with Crippen molar-refractivity contribution >= 4 is 23.3 Å². The highest BCUT2D eigenvalue weighted by Gasteiger charge is 2.78. The smallest absolute Gasteiger partial charge is 0.339 e. The Bertz CT molecular complexity index is 1260. The van der Waals surface area contributed by atoms with Crippen LogP contribution in [0.3, 0.4) is 0 Å². The first kappa shape index (κ1) is 26.5. The number of ether oxygens (including phenoxy) is 1. The first-order valence-corrected chi connectivity index (χ1v) is 13.0. The first-order valence-electron chi connectivity index (χ1n) is 13.0. The summed E-state index contributed by atoms with van der Waals surface area (Å²) in [5, 5.41) is 14.2. The van der Waals surface area contributed by atoms with Crippen LogP contribution < -0.4 is 11.1 Å². The molecule has 0 radical (unpaired) electrons. The summed E-state index contributed by atoms with van der Waals surface area (Å²) in [6.07, 6.45) is 0.368. The molecule has 3 saturated carbocycles. The Kier molecular flexibility index (Phi) is 5.91. The van der Waals surface area contributed by atoms with Gasteiger partial charge in [0.1, 0.15) is 6.17 Å². The second-order valence-corrected chi connectivity index (χ2v) is 11.8. The third-order valence-corrected chi connectivity index (χ3v) is 10.1. The minimum atomic E-state index is -2.29. The zero-order valence-corrected chi connectivity index (χ0v) is 22.0. The number of carbonyl (C=O) groups is 3. The molecular formula is C29H34F2N2O5. The predicted molar refractivity (Wildman–Crippen MR) is 136 cm³/mol. The second-order valence-electron chi connectivity index (χ2n) is 11.8. The van der Waals surface area contributed by atoms with Gasteiger partial charge in [0.15, 0.2) is 17.1 Å². The van der Waals surface area contributed by atoms with E-state index in [0.29, 0.717) is 5.69 Å². The molecule has 4 aliphatic rings. The molecule has 4 N–H and O–H groups in total. The number of amides is 1. The zero-order chi connectivity index (χ0) is 27.8. The molecule has 3 fully saturated rings. The number of nitrogens with two attached hydrogens (primary N) is 1. The van der Waals surface area contributed by atoms with Gasteiger partial charge < -0.3 is 20.9 Å². The molecule has 7 nitrogen and oxygen atoms in total. The zero-order valence-electron chi connectivity index (χ0n) is 22.0. The van der Waals surface area contributed by atoms with Crippen molar-refractivity contribution < 1.29 is 33.0 Å². The first-order chi connectivity index (χ1) is 17.8. The number of likely N-dealkylation sites (N-methyl/N-ethyl adjacent to an activating group) is 1. The lowest BCUT2D eigenvalue weighted by molar-refractivity contribution is -0.223. The van der Waals surface area contributed by atoms with Crippen LogP contribution in [0.25, 0.3) is 0 Å². The minimum Gasteiger partial charge on any atom is -0.444 e. The highest BCUT2D eigenvalue weighted by atomic mass is 19.1. The van der Waals surface area contributed by atoms with Gasteiger partial charge in [-0.15, -0.1) is 0 Å². The summed E-state index contributed by atoms with van der Waals surface area (Å²) in [5.41, 5.74) is -0.348. The number of aliphatic hydroxyl groups is 1. The number of nitrogen functional groups attached to an aromatic ring is 1. The number of hydrogen-bond donors (Lipinski definition) is 3. The fourth-order valence-electron chi connectivity index (χ4n) is 8.28. The van der Waals surface area contributed by atoms with Gasteiger partial charge in [-0.25, -0.2) is 13.6 Å². The summed E-state index contributed by atoms with van der Waals surface area (Å²) in [6.45, 7) is 5.03. The Hall–Kier alpha value is -3.07. The number of rotatable bonds is 3. The molecule has 1 aromatic carbocycles. The Balaban J connectivity index is 1.62. The molecule has 0 unspecified atom stereocenters. The van der Waals surface area contributed by atoms with Crippen molar-refractivity contribution in [2.75, 3.05) is 12.8 Å². The van der Waals surface area contributed by atoms with Crippen LogP contribution in [0.2, 0.25) is 0 Å². The molecule has 0 saturated heterocycles. The normalized spacial score (nSPS) is 43.4. The number of carbonyl (C=O) groups excluding carboxylic acids is 3. The standard InChI is InChI=1S/C29H34F2N2O5/c1-15-11-19-20-13-22(30)21-12-18(34)9-10-26(21,2)28(20,31)23(35)14-27(19,3)29(15,25(37)33-4)38-24(36)16-5-7-17(32)8-6-16/h5-10,12,15,19-20,22-23,35H,11,13-14,32H2,1-4H3,(H,33,37)/t15-,19+,20+,22+,23+,26+,27+,28+,29+/m1/s1. The molecule has 0 heterocycles. The van der Waals surface area contributed by atoms with Crippen LogP contribution in [0.4, 0.5) is 14.5 Å². The van der Waals surface area contributed by atoms with Gasteiger partial charge in [-0.3, -0.25) is 9.59 Å². The van der Waals surface area contributed by atoms with E-state index in [1.54, 1.807) is 26.0 Å². The van der Waals surface area contributed by atoms with E-state index in [4.69, 9.17) is 10.5 Å². The molecular weight excluding hydrogens is 494 g/mol. The van der Waals surface area contributed by atoms with E-state index in [1.807, 2.05) is 0 Å². The molecule has 38 heavy (non-hydrogen) atoms. The summed E-state index contributed by atoms with van der Waals surface area (Å²) in [5.74, 6) is -3.86. The number of nitrogens with one attached hydrogen (secondary N) is 1. The summed E-state index contributed by atoms with van der Waals surface area (Å²) in [6, 6.07) is 6.09. The number of halogens is 2. The maximum Gasteiger partial charge on any atom is 0.339 e. The summed E-state index contributed by atoms with van der Waals surface area (Å²) in [7, 11) is 1.43. The average molecular weight is 529 g/mol. The molecule has 0 aromatic heterocycles. The van der Waals surface area contributed by atoms with Crippen molar-refractivity contribution in [1.82, 2.24) is 5.32 Å². The lowest BCUT2D eigenvalue weighted by atomic mass is 9.44. The van der Waals surface area contributed by atoms with E-state index in [-0.39, 0.29) is 30.4 Å². The van der Waals surface area contributed by atoms with E-state index in [9.17, 15) is 19.5 Å². The molecule has 4 aliphatic carbocycles. The van der Waals surface area contributed by atoms with E-state index in [2.05, 4.69) is 5.32 Å². The second kappa shape index (κ2) is 8.46. The molecule has 0 spiro atoms. The molecule has 1 aromatic rings. The van der Waals surface area contributed by atoms with Gasteiger partial charge in [0.25, 0.3) is 5.91 Å². The number of esters is 1. The van der Waals surface area contributed by atoms with E-state index < -0.39 is 69.8 Å². The fraction of sp³-hybridized carbons (Fsp3) is 0.552. The minimum absolute atomic E-state index is 0.0322. The Morgan fingerprint density at radius 1 is 1.16 bits per heavy atom. The molecule has 9 heteroatoms. The summed E-state index contributed by atoms with van der Waals surface area (Å²) < 4.78 is 39.2. The molecule has 0 bridgehead atoms. The molecule has 9 atom stereocenters. The highest BCUT2D eigenvalue weighted by Crippen LogP contribution is 2.71. The maximum atomic E-state index is 17.4. The molecule has 204 valence electrons. The van der Waals surface area contributed by atoms with Crippen molar-refractivity contribution in [2.24, 2.45) is 28.6 Å². The third kappa shape index (κ3) is 3.17. The van der Waals surface area contributed by atoms with Gasteiger partial charge in [0.05, 0.1) is 11.7 Å². The number of allylic oxidation sites excluding steroid dienone is 4. The maximum absolute atomic E-state index is 17.4. The van der Waals surface area contributed by atoms with Crippen LogP contribution in [-0.4, -0.2) is 53.4 Å². The average Bonchev–Trinajstić information content (AvgIpc) is 3.09. The summed E-state index contributed by atoms with van der Waals surface area (Å²) >= 11 is 0. The number of aliphatic hydroxyl groups excluding tert-OH is 1. The van der Waals surface area contributed by atoms with Crippen LogP contribution in [0.15, 0.2) is 48.1 Å². The summed E-state index contributed by atoms with van der Waals surface area (Å²) in [4.78, 5) is 39.1. The van der Waals surface area contributed by atoms with Crippen LogP contribution in [0.1, 0.15) is 50.4 Å². The van der Waals surface area contributed by atoms with Gasteiger partial charge in [0.2, 0.25) is 0 Å². The van der Waals surface area contributed by atoms with E-state index in [0.717, 1.165) is 6.08 Å². The number of alkyl halides is 2. The lowest BCUT2D eigenvalue weighted by Gasteiger charge is -2.63. The van der Waals surface area contributed by atoms with Crippen molar-refractivity contribution in [3.63, 3.8) is 0 Å². The Labute approximate surface area is 220 Å². The molecule has 5 rings (SSSR count). The lowest BCUT2D eigenvalue weighted by Crippen LogP contribution is -2.71. The largest absolute Gasteiger partial charge is 0.444 e. The fourth-order valence-corrected chi connectivity index (χ4v) is 8.28. The van der Waals surface area contributed by atoms with E-state index in [1.165, 1.54) is 38.3 Å². The highest BCUT2D eigenvalue weighted by molar-refractivity contribution is 6.01. The van der Waals surface area contributed by atoms with Crippen molar-refractivity contribution in [3.05, 3.63) is 53.6 Å². The van der Waals surface area contributed by atoms with Crippen LogP contribution >= 0.6 is 0 Å². The van der Waals surface area contributed by atoms with Gasteiger partial charge in [-0.1, -0.05) is 19.9 Å². The van der Waals surface area contributed by atoms with Crippen molar-refractivity contribution in [2.45, 2.75) is 63.6 Å². The Morgan fingerprint density at radius 2 is 1.82 bits per heavy atom. The quantitative estimate of drug-likeness (QED) is 0.408. The molecule has 1 amide bonds. The predicted octanol–water partition coefficient (Wildman–Crippen LogP) is 3.48. The third-order valence-electron chi connectivity index (χ3n) is 10.1. The number of fused-ring (bicyclic) bond motifs is 5. The van der Waals surface area contributed by atoms with Crippen molar-refractivity contribution in [1.29, 1.82) is 0 Å². The number of anilines is 1.